The average molecular weight is 379 g/mol. The number of carbonyl (C=O) groups is 1. The first-order valence-electron chi connectivity index (χ1n) is 10.1. The van der Waals surface area contributed by atoms with Crippen LogP contribution in [-0.4, -0.2) is 42.0 Å². The minimum atomic E-state index is -0.0488. The Balaban J connectivity index is 1.40. The van der Waals surface area contributed by atoms with Crippen LogP contribution in [0.5, 0.6) is 0 Å². The normalized spacial score (nSPS) is 11.2. The van der Waals surface area contributed by atoms with Crippen molar-refractivity contribution in [3.8, 4) is 0 Å². The van der Waals surface area contributed by atoms with E-state index in [1.54, 1.807) is 0 Å². The van der Waals surface area contributed by atoms with E-state index in [9.17, 15) is 4.79 Å². The summed E-state index contributed by atoms with van der Waals surface area (Å²) in [5.74, 6) is -0.0488. The predicted octanol–water partition coefficient (Wildman–Crippen LogP) is 3.31. The van der Waals surface area contributed by atoms with Crippen LogP contribution in [0, 0.1) is 0 Å². The summed E-state index contributed by atoms with van der Waals surface area (Å²) in [6.45, 7) is 6.26. The van der Waals surface area contributed by atoms with Gasteiger partial charge in [0.2, 0.25) is 0 Å². The molecule has 1 aromatic heterocycles. The maximum Gasteiger partial charge on any atom is 0.267 e. The van der Waals surface area contributed by atoms with Crippen LogP contribution in [-0.2, 0) is 13.0 Å². The van der Waals surface area contributed by atoms with Gasteiger partial charge >= 0.3 is 0 Å². The first-order valence-corrected chi connectivity index (χ1v) is 10.1. The molecule has 0 atom stereocenters. The molecule has 0 radical (unpaired) electrons. The van der Waals surface area contributed by atoms with Gasteiger partial charge in [-0.05, 0) is 49.2 Å². The third kappa shape index (κ3) is 5.44. The third-order valence-corrected chi connectivity index (χ3v) is 5.13. The van der Waals surface area contributed by atoms with E-state index >= 15 is 0 Å². The number of nitrogens with one attached hydrogen (secondary N) is 2. The molecule has 1 amide bonds. The number of aromatic nitrogens is 1. The van der Waals surface area contributed by atoms with Gasteiger partial charge in [-0.1, -0.05) is 49.4 Å². The number of amides is 1. The van der Waals surface area contributed by atoms with Crippen LogP contribution in [0.4, 0.5) is 0 Å². The molecule has 0 saturated heterocycles. The van der Waals surface area contributed by atoms with Gasteiger partial charge in [-0.2, -0.15) is 0 Å². The molecule has 3 rings (SSSR count). The van der Waals surface area contributed by atoms with Crippen molar-refractivity contribution in [3.05, 3.63) is 71.4 Å². The number of rotatable bonds is 10. The molecular weight excluding hydrogens is 348 g/mol. The number of nitrogens with two attached hydrogens (primary N) is 1. The Bertz CT molecular complexity index is 852. The van der Waals surface area contributed by atoms with Crippen LogP contribution in [0.25, 0.3) is 10.9 Å². The van der Waals surface area contributed by atoms with Gasteiger partial charge in [0, 0.05) is 30.5 Å². The van der Waals surface area contributed by atoms with Crippen molar-refractivity contribution in [2.45, 2.75) is 26.3 Å². The summed E-state index contributed by atoms with van der Waals surface area (Å²) in [6.07, 6.45) is 2.16. The van der Waals surface area contributed by atoms with Gasteiger partial charge in [-0.15, -0.1) is 0 Å². The zero-order valence-corrected chi connectivity index (χ0v) is 16.6. The first kappa shape index (κ1) is 20.1. The van der Waals surface area contributed by atoms with E-state index < -0.39 is 0 Å². The van der Waals surface area contributed by atoms with Gasteiger partial charge in [0.1, 0.15) is 5.69 Å². The summed E-state index contributed by atoms with van der Waals surface area (Å²) in [6, 6.07) is 18.4. The van der Waals surface area contributed by atoms with E-state index in [2.05, 4.69) is 46.4 Å². The van der Waals surface area contributed by atoms with Crippen molar-refractivity contribution in [1.29, 1.82) is 0 Å². The molecule has 5 nitrogen and oxygen atoms in total. The number of fused-ring (bicyclic) bond motifs is 1. The first-order chi connectivity index (χ1) is 13.7. The highest BCUT2D eigenvalue weighted by molar-refractivity contribution is 5.97. The number of likely N-dealkylation sites (N-methyl/N-ethyl adjacent to an activating group) is 1. The van der Waals surface area contributed by atoms with E-state index in [1.165, 1.54) is 11.1 Å². The minimum Gasteiger partial charge on any atom is -0.351 e. The summed E-state index contributed by atoms with van der Waals surface area (Å²) in [5.41, 5.74) is 9.77. The summed E-state index contributed by atoms with van der Waals surface area (Å²) >= 11 is 0. The van der Waals surface area contributed by atoms with Crippen LogP contribution in [0.1, 0.15) is 35.0 Å². The second-order valence-electron chi connectivity index (χ2n) is 7.08. The molecule has 2 aromatic carbocycles. The smallest absolute Gasteiger partial charge is 0.267 e. The highest BCUT2D eigenvalue weighted by Gasteiger charge is 2.09. The fraction of sp³-hybridized carbons (Fsp3) is 0.348. The summed E-state index contributed by atoms with van der Waals surface area (Å²) in [4.78, 5) is 17.9. The summed E-state index contributed by atoms with van der Waals surface area (Å²) < 4.78 is 0. The maximum absolute atomic E-state index is 12.4. The molecule has 0 aliphatic heterocycles. The lowest BCUT2D eigenvalue weighted by atomic mass is 10.1. The number of carbonyl (C=O) groups excluding carboxylic acids is 1. The molecule has 0 bridgehead atoms. The van der Waals surface area contributed by atoms with Crippen LogP contribution in [0.15, 0.2) is 54.6 Å². The minimum absolute atomic E-state index is 0.0488. The van der Waals surface area contributed by atoms with E-state index in [-0.39, 0.29) is 5.91 Å². The van der Waals surface area contributed by atoms with Gasteiger partial charge in [0.15, 0.2) is 0 Å². The largest absolute Gasteiger partial charge is 0.351 e. The van der Waals surface area contributed by atoms with E-state index in [0.717, 1.165) is 43.4 Å². The van der Waals surface area contributed by atoms with Gasteiger partial charge in [-0.25, -0.2) is 0 Å². The number of hydrogen-bond acceptors (Lipinski definition) is 3. The topological polar surface area (TPSA) is 74.2 Å². The van der Waals surface area contributed by atoms with Crippen LogP contribution >= 0.6 is 0 Å². The molecule has 1 heterocycles. The zero-order chi connectivity index (χ0) is 19.8. The number of benzene rings is 2. The molecule has 0 aliphatic carbocycles. The number of aryl methyl sites for hydroxylation is 1. The predicted molar refractivity (Wildman–Crippen MR) is 115 cm³/mol. The quantitative estimate of drug-likeness (QED) is 0.507. The van der Waals surface area contributed by atoms with Gasteiger partial charge in [0.05, 0.1) is 0 Å². The number of nitrogens with zero attached hydrogens (tertiary/aromatic N) is 1. The standard InChI is InChI=1S/C23H30N4O/c1-2-27(14-5-6-18-9-11-19(17-24)12-10-18)15-13-25-23(28)22-16-20-7-3-4-8-21(20)26-22/h3-4,7-12,16,26H,2,5-6,13-15,17,24H2,1H3,(H,25,28). The van der Waals surface area contributed by atoms with E-state index in [0.29, 0.717) is 18.8 Å². The van der Waals surface area contributed by atoms with Crippen LogP contribution in [0.3, 0.4) is 0 Å². The monoisotopic (exact) mass is 378 g/mol. The second kappa shape index (κ2) is 10.1. The number of hydrogen-bond donors (Lipinski definition) is 3. The van der Waals surface area contributed by atoms with Gasteiger partial charge < -0.3 is 20.9 Å². The molecule has 3 aromatic rings. The Kier molecular flexibility index (Phi) is 7.23. The molecule has 0 spiro atoms. The molecule has 0 aliphatic rings. The summed E-state index contributed by atoms with van der Waals surface area (Å²) in [7, 11) is 0. The van der Waals surface area contributed by atoms with Crippen molar-refractivity contribution in [1.82, 2.24) is 15.2 Å². The van der Waals surface area contributed by atoms with Crippen molar-refractivity contribution < 1.29 is 4.79 Å². The fourth-order valence-electron chi connectivity index (χ4n) is 3.40. The molecule has 148 valence electrons. The highest BCUT2D eigenvalue weighted by Crippen LogP contribution is 2.14. The third-order valence-electron chi connectivity index (χ3n) is 5.13. The SMILES string of the molecule is CCN(CCCc1ccc(CN)cc1)CCNC(=O)c1cc2ccccc2[nH]1. The Morgan fingerprint density at radius 3 is 2.54 bits per heavy atom. The molecular formula is C23H30N4O. The lowest BCUT2D eigenvalue weighted by Crippen LogP contribution is -2.35. The number of aromatic amines is 1. The highest BCUT2D eigenvalue weighted by atomic mass is 16.1. The number of H-pyrrole nitrogens is 1. The molecule has 5 heteroatoms. The fourth-order valence-corrected chi connectivity index (χ4v) is 3.40. The lowest BCUT2D eigenvalue weighted by molar-refractivity contribution is 0.0944. The van der Waals surface area contributed by atoms with E-state index in [4.69, 9.17) is 5.73 Å². The maximum atomic E-state index is 12.4. The second-order valence-corrected chi connectivity index (χ2v) is 7.08. The van der Waals surface area contributed by atoms with Crippen molar-refractivity contribution in [2.24, 2.45) is 5.73 Å². The van der Waals surface area contributed by atoms with Crippen molar-refractivity contribution in [2.75, 3.05) is 26.2 Å². The Morgan fingerprint density at radius 2 is 1.82 bits per heavy atom. The molecule has 28 heavy (non-hydrogen) atoms. The average Bonchev–Trinajstić information content (AvgIpc) is 3.17. The lowest BCUT2D eigenvalue weighted by Gasteiger charge is -2.20. The number of para-hydroxylation sites is 1. The van der Waals surface area contributed by atoms with E-state index in [1.807, 2.05) is 30.3 Å². The Morgan fingerprint density at radius 1 is 1.07 bits per heavy atom. The Labute approximate surface area is 166 Å². The molecule has 0 unspecified atom stereocenters. The molecule has 4 N–H and O–H groups in total. The van der Waals surface area contributed by atoms with Crippen LogP contribution in [0.2, 0.25) is 0 Å². The summed E-state index contributed by atoms with van der Waals surface area (Å²) in [5, 5.41) is 4.08. The zero-order valence-electron chi connectivity index (χ0n) is 16.6. The van der Waals surface area contributed by atoms with Gasteiger partial charge in [0.25, 0.3) is 5.91 Å². The Hall–Kier alpha value is -2.63. The molecule has 0 saturated carbocycles. The molecule has 0 fully saturated rings. The van der Waals surface area contributed by atoms with Crippen molar-refractivity contribution >= 4 is 16.8 Å². The van der Waals surface area contributed by atoms with Crippen LogP contribution < -0.4 is 11.1 Å². The van der Waals surface area contributed by atoms with Gasteiger partial charge in [-0.3, -0.25) is 4.79 Å². The van der Waals surface area contributed by atoms with Crippen molar-refractivity contribution in [3.63, 3.8) is 0 Å².